The molecule has 142 valence electrons. The van der Waals surface area contributed by atoms with Gasteiger partial charge in [0.05, 0.1) is 22.5 Å². The van der Waals surface area contributed by atoms with Gasteiger partial charge in [0.15, 0.2) is 0 Å². The van der Waals surface area contributed by atoms with Crippen LogP contribution in [-0.4, -0.2) is 9.55 Å². The Hall–Kier alpha value is -3.58. The van der Waals surface area contributed by atoms with Gasteiger partial charge in [-0.3, -0.25) is 4.98 Å². The summed E-state index contributed by atoms with van der Waals surface area (Å²) < 4.78 is 2.38. The fourth-order valence-corrected chi connectivity index (χ4v) is 4.23. The first kappa shape index (κ1) is 17.5. The zero-order valence-electron chi connectivity index (χ0n) is 16.4. The van der Waals surface area contributed by atoms with Crippen molar-refractivity contribution in [3.05, 3.63) is 71.9 Å². The molecule has 2 heterocycles. The fraction of sp³-hybridized carbons (Fsp3) is 0.200. The number of aryl methyl sites for hydroxylation is 1. The summed E-state index contributed by atoms with van der Waals surface area (Å²) in [4.78, 5) is 4.55. The first-order valence-electron chi connectivity index (χ1n) is 10.0. The maximum atomic E-state index is 10.0. The summed E-state index contributed by atoms with van der Waals surface area (Å²) in [7, 11) is 0. The van der Waals surface area contributed by atoms with Crippen LogP contribution in [0.5, 0.6) is 0 Å². The zero-order valence-corrected chi connectivity index (χ0v) is 16.4. The second kappa shape index (κ2) is 6.79. The lowest BCUT2D eigenvalue weighted by atomic mass is 9.92. The van der Waals surface area contributed by atoms with E-state index in [0.29, 0.717) is 6.04 Å². The van der Waals surface area contributed by atoms with E-state index in [4.69, 9.17) is 5.73 Å². The van der Waals surface area contributed by atoms with E-state index in [-0.39, 0.29) is 0 Å². The van der Waals surface area contributed by atoms with Gasteiger partial charge in [0.1, 0.15) is 6.07 Å². The van der Waals surface area contributed by atoms with Crippen LogP contribution < -0.4 is 5.73 Å². The maximum absolute atomic E-state index is 10.0. The van der Waals surface area contributed by atoms with Crippen molar-refractivity contribution in [1.82, 2.24) is 9.55 Å². The molecule has 1 aliphatic carbocycles. The lowest BCUT2D eigenvalue weighted by molar-refractivity contribution is 0.324. The number of nitriles is 1. The van der Waals surface area contributed by atoms with Crippen LogP contribution in [0, 0.1) is 18.3 Å². The van der Waals surface area contributed by atoms with Crippen molar-refractivity contribution >= 4 is 16.6 Å². The highest BCUT2D eigenvalue weighted by Gasteiger charge is 2.27. The number of hydrogen-bond donors (Lipinski definition) is 1. The minimum Gasteiger partial charge on any atom is -0.399 e. The van der Waals surface area contributed by atoms with Crippen molar-refractivity contribution in [3.63, 3.8) is 0 Å². The normalized spacial score (nSPS) is 13.9. The lowest BCUT2D eigenvalue weighted by Gasteiger charge is -2.30. The van der Waals surface area contributed by atoms with Gasteiger partial charge in [-0.1, -0.05) is 24.3 Å². The molecule has 0 amide bonds. The smallest absolute Gasteiger partial charge is 0.102 e. The van der Waals surface area contributed by atoms with E-state index in [0.717, 1.165) is 57.5 Å². The van der Waals surface area contributed by atoms with Gasteiger partial charge >= 0.3 is 0 Å². The first-order chi connectivity index (χ1) is 14.2. The highest BCUT2D eigenvalue weighted by Crippen LogP contribution is 2.43. The second-order valence-electron chi connectivity index (χ2n) is 7.86. The lowest BCUT2D eigenvalue weighted by Crippen LogP contribution is -2.17. The minimum atomic E-state index is 0.424. The Morgan fingerprint density at radius 2 is 1.79 bits per heavy atom. The molecule has 0 aliphatic heterocycles. The molecule has 2 N–H and O–H groups in total. The summed E-state index contributed by atoms with van der Waals surface area (Å²) in [5.41, 5.74) is 13.7. The zero-order chi connectivity index (χ0) is 20.0. The second-order valence-corrected chi connectivity index (χ2v) is 7.86. The van der Waals surface area contributed by atoms with Gasteiger partial charge in [0.25, 0.3) is 0 Å². The number of benzene rings is 2. The van der Waals surface area contributed by atoms with Crippen LogP contribution in [-0.2, 0) is 0 Å². The van der Waals surface area contributed by atoms with E-state index >= 15 is 0 Å². The molecule has 0 unspecified atom stereocenters. The highest BCUT2D eigenvalue weighted by molar-refractivity contribution is 5.96. The molecule has 0 radical (unpaired) electrons. The molecular formula is C25H22N4. The van der Waals surface area contributed by atoms with Crippen LogP contribution in [0.3, 0.4) is 0 Å². The third kappa shape index (κ3) is 2.87. The van der Waals surface area contributed by atoms with Gasteiger partial charge < -0.3 is 10.3 Å². The third-order valence-corrected chi connectivity index (χ3v) is 5.95. The van der Waals surface area contributed by atoms with Crippen LogP contribution >= 0.6 is 0 Å². The molecule has 0 spiro atoms. The highest BCUT2D eigenvalue weighted by atomic mass is 15.0. The number of nitrogens with zero attached hydrogens (tertiary/aromatic N) is 3. The number of nitrogen functional groups attached to an aromatic ring is 1. The summed E-state index contributed by atoms with van der Waals surface area (Å²) in [5, 5.41) is 11.0. The number of nitrogens with two attached hydrogens (primary N) is 1. The van der Waals surface area contributed by atoms with Crippen molar-refractivity contribution < 1.29 is 0 Å². The van der Waals surface area contributed by atoms with E-state index in [1.165, 1.54) is 12.0 Å². The van der Waals surface area contributed by atoms with Crippen LogP contribution in [0.25, 0.3) is 33.4 Å². The summed E-state index contributed by atoms with van der Waals surface area (Å²) >= 11 is 0. The van der Waals surface area contributed by atoms with Gasteiger partial charge in [0.2, 0.25) is 0 Å². The molecule has 0 bridgehead atoms. The molecule has 29 heavy (non-hydrogen) atoms. The van der Waals surface area contributed by atoms with Gasteiger partial charge in [-0.15, -0.1) is 0 Å². The van der Waals surface area contributed by atoms with Crippen LogP contribution in [0.2, 0.25) is 0 Å². The van der Waals surface area contributed by atoms with Crippen molar-refractivity contribution in [1.29, 1.82) is 5.26 Å². The van der Waals surface area contributed by atoms with E-state index in [2.05, 4.69) is 46.8 Å². The third-order valence-electron chi connectivity index (χ3n) is 5.95. The summed E-state index contributed by atoms with van der Waals surface area (Å²) in [6.07, 6.45) is 5.36. The Balaban J connectivity index is 1.80. The molecular weight excluding hydrogens is 356 g/mol. The van der Waals surface area contributed by atoms with Crippen LogP contribution in [0.4, 0.5) is 5.69 Å². The first-order valence-corrected chi connectivity index (χ1v) is 10.0. The molecule has 2 aromatic carbocycles. The predicted molar refractivity (Wildman–Crippen MR) is 117 cm³/mol. The number of hydrogen-bond acceptors (Lipinski definition) is 3. The van der Waals surface area contributed by atoms with E-state index < -0.39 is 0 Å². The molecule has 1 saturated carbocycles. The van der Waals surface area contributed by atoms with Crippen LogP contribution in [0.1, 0.15) is 36.4 Å². The van der Waals surface area contributed by atoms with Gasteiger partial charge in [-0.2, -0.15) is 5.26 Å². The largest absolute Gasteiger partial charge is 0.399 e. The minimum absolute atomic E-state index is 0.424. The quantitative estimate of drug-likeness (QED) is 0.454. The Bertz CT molecular complexity index is 1250. The van der Waals surface area contributed by atoms with E-state index in [1.807, 2.05) is 36.5 Å². The topological polar surface area (TPSA) is 67.6 Å². The molecule has 5 rings (SSSR count). The number of aromatic nitrogens is 2. The fourth-order valence-electron chi connectivity index (χ4n) is 4.23. The molecule has 1 aliphatic rings. The molecule has 4 aromatic rings. The Morgan fingerprint density at radius 3 is 2.45 bits per heavy atom. The maximum Gasteiger partial charge on any atom is 0.102 e. The molecule has 2 aromatic heterocycles. The number of rotatable bonds is 3. The summed E-state index contributed by atoms with van der Waals surface area (Å²) in [5.74, 6) is 0. The van der Waals surface area contributed by atoms with Crippen molar-refractivity contribution in [2.24, 2.45) is 0 Å². The predicted octanol–water partition coefficient (Wildman–Crippen LogP) is 5.86. The van der Waals surface area contributed by atoms with E-state index in [9.17, 15) is 5.26 Å². The van der Waals surface area contributed by atoms with Gasteiger partial charge in [0, 0.05) is 28.9 Å². The number of fused-ring (bicyclic) bond motifs is 1. The summed E-state index contributed by atoms with van der Waals surface area (Å²) in [6.45, 7) is 2.08. The average Bonchev–Trinajstić information content (AvgIpc) is 3.01. The Kier molecular flexibility index (Phi) is 4.10. The van der Waals surface area contributed by atoms with Crippen LogP contribution in [0.15, 0.2) is 60.8 Å². The number of anilines is 1. The molecule has 1 fully saturated rings. The standard InChI is InChI=1S/C25H22N4/c1-16-11-12-28-23(13-16)18-7-10-21-22(15-26)25(17-5-8-19(27)9-6-17)29(24(21)14-18)20-3-2-4-20/h5-14,20H,2-4,27H2,1H3. The Labute approximate surface area is 170 Å². The van der Waals surface area contributed by atoms with Crippen molar-refractivity contribution in [2.45, 2.75) is 32.2 Å². The monoisotopic (exact) mass is 378 g/mol. The summed E-state index contributed by atoms with van der Waals surface area (Å²) in [6, 6.07) is 21.2. The van der Waals surface area contributed by atoms with Gasteiger partial charge in [-0.25, -0.2) is 0 Å². The van der Waals surface area contributed by atoms with E-state index in [1.54, 1.807) is 0 Å². The average molecular weight is 378 g/mol. The molecule has 4 nitrogen and oxygen atoms in total. The van der Waals surface area contributed by atoms with Gasteiger partial charge in [-0.05, 0) is 67.6 Å². The molecule has 0 saturated heterocycles. The van der Waals surface area contributed by atoms with Crippen molar-refractivity contribution in [2.75, 3.05) is 5.73 Å². The molecule has 4 heteroatoms. The Morgan fingerprint density at radius 1 is 1.03 bits per heavy atom. The SMILES string of the molecule is Cc1ccnc(-c2ccc3c(C#N)c(-c4ccc(N)cc4)n(C4CCC4)c3c2)c1. The number of pyridine rings is 1. The molecule has 0 atom stereocenters. The van der Waals surface area contributed by atoms with Crippen molar-refractivity contribution in [3.8, 4) is 28.6 Å².